The van der Waals surface area contributed by atoms with Gasteiger partial charge in [-0.3, -0.25) is 24.4 Å². The number of nitrogens with zero attached hydrogens (tertiary/aromatic N) is 5. The van der Waals surface area contributed by atoms with Crippen LogP contribution >= 0.6 is 23.2 Å². The Bertz CT molecular complexity index is 1800. The zero-order chi connectivity index (χ0) is 37.7. The number of morpholine rings is 1. The second-order valence-corrected chi connectivity index (χ2v) is 14.9. The predicted molar refractivity (Wildman–Crippen MR) is 207 cm³/mol. The molecule has 1 N–H and O–H groups in total. The van der Waals surface area contributed by atoms with E-state index in [0.717, 1.165) is 16.7 Å². The fourth-order valence-electron chi connectivity index (χ4n) is 7.09. The highest BCUT2D eigenvalue weighted by atomic mass is 35.5. The van der Waals surface area contributed by atoms with Gasteiger partial charge in [0.05, 0.1) is 43.4 Å². The van der Waals surface area contributed by atoms with E-state index >= 15 is 4.79 Å². The number of amidine groups is 1. The summed E-state index contributed by atoms with van der Waals surface area (Å²) in [5, 5.41) is 4.12. The lowest BCUT2D eigenvalue weighted by Crippen LogP contribution is -2.56. The molecule has 4 amide bonds. The van der Waals surface area contributed by atoms with Crippen LogP contribution in [0.2, 0.25) is 10.0 Å². The normalized spacial score (nSPS) is 19.6. The Morgan fingerprint density at radius 2 is 1.47 bits per heavy atom. The van der Waals surface area contributed by atoms with E-state index in [0.29, 0.717) is 99.4 Å². The topological polar surface area (TPSA) is 107 Å². The monoisotopic (exact) mass is 762 g/mol. The van der Waals surface area contributed by atoms with E-state index < -0.39 is 17.5 Å². The molecule has 0 bridgehead atoms. The van der Waals surface area contributed by atoms with Crippen molar-refractivity contribution in [2.45, 2.75) is 45.2 Å². The summed E-state index contributed by atoms with van der Waals surface area (Å²) in [6, 6.07) is 19.5. The van der Waals surface area contributed by atoms with Gasteiger partial charge in [-0.25, -0.2) is 4.79 Å². The molecule has 282 valence electrons. The van der Waals surface area contributed by atoms with Crippen molar-refractivity contribution in [1.29, 1.82) is 0 Å². The van der Waals surface area contributed by atoms with E-state index in [2.05, 4.69) is 10.2 Å². The third kappa shape index (κ3) is 8.49. The van der Waals surface area contributed by atoms with Crippen molar-refractivity contribution in [1.82, 2.24) is 24.9 Å². The molecule has 3 aromatic carbocycles. The van der Waals surface area contributed by atoms with Crippen molar-refractivity contribution >= 4 is 46.9 Å². The molecule has 13 heteroatoms. The first-order valence-corrected chi connectivity index (χ1v) is 19.1. The highest BCUT2D eigenvalue weighted by Crippen LogP contribution is 2.46. The van der Waals surface area contributed by atoms with Crippen molar-refractivity contribution < 1.29 is 23.9 Å². The molecule has 11 nitrogen and oxygen atoms in total. The van der Waals surface area contributed by atoms with Crippen molar-refractivity contribution in [2.24, 2.45) is 4.99 Å². The summed E-state index contributed by atoms with van der Waals surface area (Å²) in [5.41, 5.74) is 2.33. The van der Waals surface area contributed by atoms with Crippen LogP contribution in [0.4, 0.5) is 4.79 Å². The van der Waals surface area contributed by atoms with Crippen molar-refractivity contribution in [3.63, 3.8) is 0 Å². The third-order valence-electron chi connectivity index (χ3n) is 10.2. The van der Waals surface area contributed by atoms with Crippen molar-refractivity contribution in [3.8, 4) is 5.75 Å². The van der Waals surface area contributed by atoms with Crippen LogP contribution < -0.4 is 10.1 Å². The van der Waals surface area contributed by atoms with Crippen molar-refractivity contribution in [3.05, 3.63) is 99.0 Å². The molecule has 2 saturated heterocycles. The van der Waals surface area contributed by atoms with Gasteiger partial charge in [0.1, 0.15) is 17.6 Å². The number of aliphatic imine (C=N–C) groups is 1. The zero-order valence-corrected chi connectivity index (χ0v) is 32.3. The molecule has 0 aliphatic carbocycles. The SMILES string of the molecule is CCNC(=O)C(C)(C)c1ccc(C2=N[C@@H](c3ccc(Cl)cc3)[C@@H](c3ccc(Cl)cc3)N2C(=O)N2CCN(CC(=O)N3CCOCC3)CC2)c(OCC)c1. The first kappa shape index (κ1) is 38.6. The van der Waals surface area contributed by atoms with Crippen LogP contribution in [0.25, 0.3) is 0 Å². The minimum atomic E-state index is -0.839. The molecule has 6 rings (SSSR count). The van der Waals surface area contributed by atoms with E-state index in [1.54, 1.807) is 4.90 Å². The predicted octanol–water partition coefficient (Wildman–Crippen LogP) is 5.95. The number of benzene rings is 3. The van der Waals surface area contributed by atoms with Crippen molar-refractivity contribution in [2.75, 3.05) is 72.2 Å². The lowest BCUT2D eigenvalue weighted by Gasteiger charge is -2.39. The van der Waals surface area contributed by atoms with Crippen LogP contribution in [0.3, 0.4) is 0 Å². The van der Waals surface area contributed by atoms with Gasteiger partial charge in [-0.1, -0.05) is 53.5 Å². The minimum absolute atomic E-state index is 0.0814. The maximum absolute atomic E-state index is 15.0. The summed E-state index contributed by atoms with van der Waals surface area (Å²) in [6.07, 6.45) is 0. The number of carbonyl (C=O) groups excluding carboxylic acids is 3. The van der Waals surface area contributed by atoms with E-state index in [1.165, 1.54) is 0 Å². The molecule has 3 aliphatic rings. The molecule has 0 radical (unpaired) electrons. The largest absolute Gasteiger partial charge is 0.493 e. The number of hydrogen-bond acceptors (Lipinski definition) is 7. The fourth-order valence-corrected chi connectivity index (χ4v) is 7.34. The number of halogens is 2. The van der Waals surface area contributed by atoms with Gasteiger partial charge in [0, 0.05) is 55.9 Å². The second-order valence-electron chi connectivity index (χ2n) is 14.0. The molecule has 2 atom stereocenters. The summed E-state index contributed by atoms with van der Waals surface area (Å²) in [6.45, 7) is 13.1. The van der Waals surface area contributed by atoms with E-state index in [4.69, 9.17) is 37.7 Å². The summed E-state index contributed by atoms with van der Waals surface area (Å²) < 4.78 is 11.7. The van der Waals surface area contributed by atoms with Crippen LogP contribution in [0, 0.1) is 0 Å². The summed E-state index contributed by atoms with van der Waals surface area (Å²) in [7, 11) is 0. The van der Waals surface area contributed by atoms with Crippen LogP contribution in [-0.4, -0.2) is 115 Å². The number of ether oxygens (including phenoxy) is 2. The Kier molecular flexibility index (Phi) is 12.3. The standard InChI is InChI=1S/C40H48Cl2N6O5/c1-5-43-38(50)40(3,4)29-11-16-32(33(25-29)53-6-2)37-44-35(27-7-12-30(41)13-8-27)36(28-9-14-31(42)15-10-28)48(37)39(51)47-19-17-45(18-20-47)26-34(49)46-21-23-52-24-22-46/h7-16,25,35-36H,5-6,17-24,26H2,1-4H3,(H,43,50)/t35-,36+/m0/s1. The molecule has 0 aromatic heterocycles. The highest BCUT2D eigenvalue weighted by Gasteiger charge is 2.45. The molecule has 3 heterocycles. The summed E-state index contributed by atoms with van der Waals surface area (Å²) in [4.78, 5) is 54.1. The molecule has 53 heavy (non-hydrogen) atoms. The number of piperazine rings is 1. The highest BCUT2D eigenvalue weighted by molar-refractivity contribution is 6.30. The minimum Gasteiger partial charge on any atom is -0.493 e. The Morgan fingerprint density at radius 3 is 2.08 bits per heavy atom. The average molecular weight is 764 g/mol. The Balaban J connectivity index is 1.38. The van der Waals surface area contributed by atoms with Gasteiger partial charge < -0.3 is 24.6 Å². The molecule has 0 saturated carbocycles. The summed E-state index contributed by atoms with van der Waals surface area (Å²) >= 11 is 12.7. The molecular weight excluding hydrogens is 715 g/mol. The maximum atomic E-state index is 15.0. The molecule has 3 aliphatic heterocycles. The Morgan fingerprint density at radius 1 is 0.849 bits per heavy atom. The Labute approximate surface area is 321 Å². The first-order valence-electron chi connectivity index (χ1n) is 18.3. The number of hydrogen-bond donors (Lipinski definition) is 1. The van der Waals surface area contributed by atoms with Crippen LogP contribution in [0.5, 0.6) is 5.75 Å². The molecule has 0 unspecified atom stereocenters. The van der Waals surface area contributed by atoms with Gasteiger partial charge in [0.15, 0.2) is 0 Å². The van der Waals surface area contributed by atoms with Crippen LogP contribution in [0.15, 0.2) is 71.7 Å². The second kappa shape index (κ2) is 16.9. The quantitative estimate of drug-likeness (QED) is 0.274. The number of amides is 4. The molecule has 3 aromatic rings. The number of nitrogens with one attached hydrogen (secondary N) is 1. The van der Waals surface area contributed by atoms with Crippen LogP contribution in [-0.2, 0) is 19.7 Å². The summed E-state index contributed by atoms with van der Waals surface area (Å²) in [5.74, 6) is 0.974. The van der Waals surface area contributed by atoms with Gasteiger partial charge >= 0.3 is 6.03 Å². The lowest BCUT2D eigenvalue weighted by molar-refractivity contribution is -0.136. The first-order chi connectivity index (χ1) is 25.5. The van der Waals surface area contributed by atoms with Gasteiger partial charge in [-0.05, 0) is 80.8 Å². The van der Waals surface area contributed by atoms with Gasteiger partial charge in [0.2, 0.25) is 11.8 Å². The lowest BCUT2D eigenvalue weighted by atomic mass is 9.83. The number of urea groups is 1. The third-order valence-corrected chi connectivity index (χ3v) is 10.7. The fraction of sp³-hybridized carbons (Fsp3) is 0.450. The molecule has 0 spiro atoms. The average Bonchev–Trinajstić information content (AvgIpc) is 3.56. The van der Waals surface area contributed by atoms with Gasteiger partial charge in [-0.15, -0.1) is 0 Å². The Hall–Kier alpha value is -4.16. The van der Waals surface area contributed by atoms with Gasteiger partial charge in [-0.2, -0.15) is 0 Å². The van der Waals surface area contributed by atoms with E-state index in [-0.39, 0.29) is 17.8 Å². The van der Waals surface area contributed by atoms with Gasteiger partial charge in [0.25, 0.3) is 0 Å². The maximum Gasteiger partial charge on any atom is 0.326 e. The number of rotatable bonds is 10. The van der Waals surface area contributed by atoms with E-state index in [1.807, 2.05) is 104 Å². The number of carbonyl (C=O) groups is 3. The van der Waals surface area contributed by atoms with E-state index in [9.17, 15) is 9.59 Å². The molecule has 2 fully saturated rings. The zero-order valence-electron chi connectivity index (χ0n) is 30.8. The van der Waals surface area contributed by atoms with Crippen LogP contribution in [0.1, 0.15) is 62.0 Å². The smallest absolute Gasteiger partial charge is 0.326 e. The number of likely N-dealkylation sites (N-methyl/N-ethyl adjacent to an activating group) is 1. The molecular formula is C40H48Cl2N6O5.